The van der Waals surface area contributed by atoms with Crippen LogP contribution in [0.4, 0.5) is 0 Å². The van der Waals surface area contributed by atoms with E-state index in [4.69, 9.17) is 0 Å². The minimum absolute atomic E-state index is 0.349. The number of aromatic hydroxyl groups is 1. The zero-order chi connectivity index (χ0) is 12.2. The maximum Gasteiger partial charge on any atom is 0.119 e. The van der Waals surface area contributed by atoms with Crippen LogP contribution in [0, 0.1) is 0 Å². The number of hydrogen-bond donors (Lipinski definition) is 1. The molecule has 1 rings (SSSR count). The molecule has 0 spiro atoms. The minimum atomic E-state index is 0.349. The molecule has 0 aliphatic rings. The molecule has 3 nitrogen and oxygen atoms in total. The molecule has 0 fully saturated rings. The first kappa shape index (κ1) is 14.7. The van der Waals surface area contributed by atoms with Crippen LogP contribution in [0.5, 0.6) is 5.75 Å². The van der Waals surface area contributed by atoms with Gasteiger partial charge in [0.2, 0.25) is 0 Å². The van der Waals surface area contributed by atoms with Crippen molar-refractivity contribution in [2.75, 3.05) is 13.2 Å². The maximum absolute atomic E-state index is 9.19. The van der Waals surface area contributed by atoms with Crippen LogP contribution in [0.25, 0.3) is 0 Å². The number of phenolic OH excluding ortho intramolecular Hbond substituents is 1. The first-order valence-corrected chi connectivity index (χ1v) is 5.38. The van der Waals surface area contributed by atoms with Crippen LogP contribution in [0.3, 0.4) is 0 Å². The van der Waals surface area contributed by atoms with E-state index in [-0.39, 0.29) is 0 Å². The van der Waals surface area contributed by atoms with E-state index in [2.05, 4.69) is 16.4 Å². The molecule has 90 valence electrons. The molecule has 0 atom stereocenters. The van der Waals surface area contributed by atoms with Crippen LogP contribution in [0.2, 0.25) is 0 Å². The maximum atomic E-state index is 9.19. The Kier molecular flexibility index (Phi) is 9.36. The summed E-state index contributed by atoms with van der Waals surface area (Å²) in [5.41, 5.74) is 0.928. The predicted molar refractivity (Wildman–Crippen MR) is 65.3 cm³/mol. The van der Waals surface area contributed by atoms with Gasteiger partial charge in [0.25, 0.3) is 0 Å². The second-order valence-electron chi connectivity index (χ2n) is 2.93. The Morgan fingerprint density at radius 2 is 1.75 bits per heavy atom. The smallest absolute Gasteiger partial charge is 0.119 e. The van der Waals surface area contributed by atoms with E-state index < -0.39 is 0 Å². The summed E-state index contributed by atoms with van der Waals surface area (Å²) < 4.78 is 0. The highest BCUT2D eigenvalue weighted by Gasteiger charge is 1.93. The first-order chi connectivity index (χ1) is 7.76. The normalized spacial score (nSPS) is 9.12. The molecule has 1 aromatic rings. The molecule has 0 radical (unpaired) electrons. The van der Waals surface area contributed by atoms with Gasteiger partial charge in [-0.25, -0.2) is 9.78 Å². The van der Waals surface area contributed by atoms with E-state index in [1.807, 2.05) is 32.0 Å². The summed E-state index contributed by atoms with van der Waals surface area (Å²) in [5.74, 6) is 0.349. The van der Waals surface area contributed by atoms with Gasteiger partial charge in [0, 0.05) is 0 Å². The lowest BCUT2D eigenvalue weighted by molar-refractivity contribution is -0.287. The van der Waals surface area contributed by atoms with Gasteiger partial charge < -0.3 is 5.11 Å². The molecule has 1 N–H and O–H groups in total. The number of benzene rings is 1. The van der Waals surface area contributed by atoms with Crippen molar-refractivity contribution >= 4 is 0 Å². The minimum Gasteiger partial charge on any atom is -0.508 e. The Morgan fingerprint density at radius 3 is 2.19 bits per heavy atom. The highest BCUT2D eigenvalue weighted by molar-refractivity contribution is 5.32. The standard InChI is InChI=1S/C9H10O.C4H10O2/c1-2-5-8-6-3-4-7-9(8)10;1-3-5-6-4-2/h2-4,6-7,10H,1,5H2;3-4H2,1-2H3. The predicted octanol–water partition coefficient (Wildman–Crippen LogP) is 3.10. The molecular weight excluding hydrogens is 204 g/mol. The van der Waals surface area contributed by atoms with Crippen LogP contribution in [0.15, 0.2) is 36.9 Å². The van der Waals surface area contributed by atoms with Gasteiger partial charge in [0.15, 0.2) is 0 Å². The van der Waals surface area contributed by atoms with Crippen molar-refractivity contribution < 1.29 is 14.9 Å². The fraction of sp³-hybridized carbons (Fsp3) is 0.385. The monoisotopic (exact) mass is 224 g/mol. The van der Waals surface area contributed by atoms with E-state index >= 15 is 0 Å². The van der Waals surface area contributed by atoms with Gasteiger partial charge in [-0.2, -0.15) is 0 Å². The second-order valence-corrected chi connectivity index (χ2v) is 2.93. The van der Waals surface area contributed by atoms with Gasteiger partial charge >= 0.3 is 0 Å². The van der Waals surface area contributed by atoms with Crippen LogP contribution in [-0.4, -0.2) is 18.3 Å². The Hall–Kier alpha value is -1.32. The number of allylic oxidation sites excluding steroid dienone is 1. The zero-order valence-electron chi connectivity index (χ0n) is 9.98. The molecule has 0 aromatic heterocycles. The molecule has 0 bridgehead atoms. The quantitative estimate of drug-likeness (QED) is 0.361. The fourth-order valence-corrected chi connectivity index (χ4v) is 1.01. The zero-order valence-corrected chi connectivity index (χ0v) is 9.98. The van der Waals surface area contributed by atoms with Crippen LogP contribution in [0.1, 0.15) is 19.4 Å². The van der Waals surface area contributed by atoms with Gasteiger partial charge in [-0.05, 0) is 31.9 Å². The molecule has 0 aliphatic heterocycles. The van der Waals surface area contributed by atoms with Gasteiger partial charge in [0.1, 0.15) is 5.75 Å². The number of para-hydroxylation sites is 1. The molecule has 0 heterocycles. The third kappa shape index (κ3) is 7.04. The molecular formula is C13H20O3. The van der Waals surface area contributed by atoms with E-state index in [0.29, 0.717) is 19.0 Å². The molecule has 0 unspecified atom stereocenters. The number of rotatable bonds is 5. The van der Waals surface area contributed by atoms with E-state index in [1.165, 1.54) is 0 Å². The lowest BCUT2D eigenvalue weighted by Gasteiger charge is -1.97. The van der Waals surface area contributed by atoms with Crippen LogP contribution < -0.4 is 0 Å². The molecule has 0 amide bonds. The molecule has 3 heteroatoms. The number of phenols is 1. The van der Waals surface area contributed by atoms with E-state index in [0.717, 1.165) is 12.0 Å². The average molecular weight is 224 g/mol. The highest BCUT2D eigenvalue weighted by atomic mass is 17.2. The Labute approximate surface area is 97.3 Å². The van der Waals surface area contributed by atoms with E-state index in [1.54, 1.807) is 12.1 Å². The van der Waals surface area contributed by atoms with Crippen molar-refractivity contribution in [3.05, 3.63) is 42.5 Å². The molecule has 16 heavy (non-hydrogen) atoms. The first-order valence-electron chi connectivity index (χ1n) is 5.38. The van der Waals surface area contributed by atoms with Gasteiger partial charge in [-0.1, -0.05) is 24.3 Å². The largest absolute Gasteiger partial charge is 0.508 e. The van der Waals surface area contributed by atoms with Gasteiger partial charge in [-0.15, -0.1) is 6.58 Å². The second kappa shape index (κ2) is 10.2. The summed E-state index contributed by atoms with van der Waals surface area (Å²) in [6.07, 6.45) is 2.50. The summed E-state index contributed by atoms with van der Waals surface area (Å²) in [5, 5.41) is 9.19. The average Bonchev–Trinajstić information content (AvgIpc) is 2.31. The lowest BCUT2D eigenvalue weighted by Crippen LogP contribution is -1.90. The third-order valence-electron chi connectivity index (χ3n) is 1.67. The third-order valence-corrected chi connectivity index (χ3v) is 1.67. The van der Waals surface area contributed by atoms with Crippen molar-refractivity contribution in [2.45, 2.75) is 20.3 Å². The Bertz CT molecular complexity index is 280. The summed E-state index contributed by atoms with van der Waals surface area (Å²) in [6, 6.07) is 7.27. The SMILES string of the molecule is C=CCc1ccccc1O.CCOOCC. The van der Waals surface area contributed by atoms with Gasteiger partial charge in [0.05, 0.1) is 13.2 Å². The van der Waals surface area contributed by atoms with Crippen molar-refractivity contribution in [2.24, 2.45) is 0 Å². The van der Waals surface area contributed by atoms with E-state index in [9.17, 15) is 5.11 Å². The molecule has 0 aliphatic carbocycles. The molecule has 1 aromatic carbocycles. The topological polar surface area (TPSA) is 38.7 Å². The summed E-state index contributed by atoms with van der Waals surface area (Å²) in [7, 11) is 0. The highest BCUT2D eigenvalue weighted by Crippen LogP contribution is 2.15. The van der Waals surface area contributed by atoms with Crippen molar-refractivity contribution in [3.8, 4) is 5.75 Å². The molecule has 0 saturated carbocycles. The fourth-order valence-electron chi connectivity index (χ4n) is 1.01. The Balaban J connectivity index is 0.000000325. The Morgan fingerprint density at radius 1 is 1.19 bits per heavy atom. The van der Waals surface area contributed by atoms with Crippen molar-refractivity contribution in [3.63, 3.8) is 0 Å². The summed E-state index contributed by atoms with van der Waals surface area (Å²) >= 11 is 0. The van der Waals surface area contributed by atoms with Crippen molar-refractivity contribution in [1.82, 2.24) is 0 Å². The van der Waals surface area contributed by atoms with Crippen LogP contribution in [-0.2, 0) is 16.2 Å². The van der Waals surface area contributed by atoms with Gasteiger partial charge in [-0.3, -0.25) is 0 Å². The summed E-state index contributed by atoms with van der Waals surface area (Å²) in [4.78, 5) is 8.97. The molecule has 0 saturated heterocycles. The van der Waals surface area contributed by atoms with Crippen LogP contribution >= 0.6 is 0 Å². The lowest BCUT2D eigenvalue weighted by atomic mass is 10.1. The van der Waals surface area contributed by atoms with Crippen molar-refractivity contribution in [1.29, 1.82) is 0 Å². The number of hydrogen-bond acceptors (Lipinski definition) is 3. The summed E-state index contributed by atoms with van der Waals surface area (Å²) in [6.45, 7) is 8.62.